The van der Waals surface area contributed by atoms with Gasteiger partial charge in [-0.2, -0.15) is 0 Å². The quantitative estimate of drug-likeness (QED) is 0.919. The van der Waals surface area contributed by atoms with Gasteiger partial charge in [0.25, 0.3) is 0 Å². The number of carbonyl (C=O) groups is 1. The average molecular weight is 271 g/mol. The Hall–Kier alpha value is -2.14. The third-order valence-electron chi connectivity index (χ3n) is 3.66. The number of rotatable bonds is 3. The number of amides is 1. The lowest BCUT2D eigenvalue weighted by atomic mass is 10.1. The fourth-order valence-corrected chi connectivity index (χ4v) is 2.59. The van der Waals surface area contributed by atoms with Crippen molar-refractivity contribution in [3.05, 3.63) is 53.7 Å². The molecule has 1 unspecified atom stereocenters. The van der Waals surface area contributed by atoms with E-state index in [4.69, 9.17) is 4.42 Å². The van der Waals surface area contributed by atoms with Crippen molar-refractivity contribution in [2.75, 3.05) is 13.6 Å². The van der Waals surface area contributed by atoms with E-state index in [2.05, 4.69) is 10.3 Å². The van der Waals surface area contributed by atoms with Gasteiger partial charge in [-0.05, 0) is 42.8 Å². The third-order valence-corrected chi connectivity index (χ3v) is 3.66. The largest absolute Gasteiger partial charge is 0.467 e. The number of hydrogen-bond acceptors (Lipinski definition) is 4. The molecule has 1 aliphatic rings. The molecule has 0 saturated carbocycles. The number of fused-ring (bicyclic) bond motifs is 1. The molecular weight excluding hydrogens is 254 g/mol. The highest BCUT2D eigenvalue weighted by Crippen LogP contribution is 2.26. The molecule has 0 fully saturated rings. The van der Waals surface area contributed by atoms with Crippen molar-refractivity contribution in [2.24, 2.45) is 0 Å². The third kappa shape index (κ3) is 2.32. The van der Waals surface area contributed by atoms with Gasteiger partial charge in [0, 0.05) is 25.5 Å². The van der Waals surface area contributed by atoms with Crippen LogP contribution in [0.25, 0.3) is 0 Å². The first-order valence-corrected chi connectivity index (χ1v) is 6.71. The summed E-state index contributed by atoms with van der Waals surface area (Å²) in [6, 6.07) is 5.42. The van der Waals surface area contributed by atoms with Crippen LogP contribution in [-0.2, 0) is 17.8 Å². The molecular formula is C15H17N3O2. The first-order chi connectivity index (χ1) is 9.79. The Morgan fingerprint density at radius 3 is 2.95 bits per heavy atom. The molecule has 1 N–H and O–H groups in total. The Labute approximate surface area is 117 Å². The summed E-state index contributed by atoms with van der Waals surface area (Å²) in [7, 11) is 1.78. The summed E-state index contributed by atoms with van der Waals surface area (Å²) in [6.45, 7) is 1.30. The zero-order chi connectivity index (χ0) is 13.9. The molecule has 0 radical (unpaired) electrons. The molecule has 0 aromatic carbocycles. The van der Waals surface area contributed by atoms with Gasteiger partial charge in [-0.3, -0.25) is 9.78 Å². The number of hydrogen-bond donors (Lipinski definition) is 1. The molecule has 5 heteroatoms. The van der Waals surface area contributed by atoms with Crippen LogP contribution in [0.5, 0.6) is 0 Å². The molecule has 1 atom stereocenters. The Bertz CT molecular complexity index is 594. The average Bonchev–Trinajstić information content (AvgIpc) is 2.89. The predicted octanol–water partition coefficient (Wildman–Crippen LogP) is 1.52. The van der Waals surface area contributed by atoms with Crippen LogP contribution in [0.15, 0.2) is 41.3 Å². The number of pyridine rings is 1. The van der Waals surface area contributed by atoms with E-state index in [1.54, 1.807) is 25.7 Å². The van der Waals surface area contributed by atoms with Crippen LogP contribution < -0.4 is 5.32 Å². The summed E-state index contributed by atoms with van der Waals surface area (Å²) >= 11 is 0. The van der Waals surface area contributed by atoms with Crippen LogP contribution >= 0.6 is 0 Å². The lowest BCUT2D eigenvalue weighted by molar-refractivity contribution is -0.134. The maximum absolute atomic E-state index is 12.6. The summed E-state index contributed by atoms with van der Waals surface area (Å²) in [5, 5.41) is 3.05. The molecule has 3 rings (SSSR count). The van der Waals surface area contributed by atoms with Crippen molar-refractivity contribution in [1.82, 2.24) is 15.2 Å². The van der Waals surface area contributed by atoms with Crippen molar-refractivity contribution < 1.29 is 9.21 Å². The van der Waals surface area contributed by atoms with Gasteiger partial charge in [0.15, 0.2) is 0 Å². The highest BCUT2D eigenvalue weighted by molar-refractivity contribution is 5.83. The molecule has 3 heterocycles. The molecule has 0 aliphatic carbocycles. The minimum absolute atomic E-state index is 0.0537. The van der Waals surface area contributed by atoms with E-state index in [-0.39, 0.29) is 5.91 Å². The molecule has 2 aromatic rings. The fraction of sp³-hybridized carbons (Fsp3) is 0.333. The highest BCUT2D eigenvalue weighted by atomic mass is 16.3. The van der Waals surface area contributed by atoms with Gasteiger partial charge in [-0.15, -0.1) is 0 Å². The van der Waals surface area contributed by atoms with Gasteiger partial charge in [0.05, 0.1) is 6.26 Å². The minimum atomic E-state index is -0.399. The van der Waals surface area contributed by atoms with Gasteiger partial charge >= 0.3 is 0 Å². The molecule has 0 bridgehead atoms. The van der Waals surface area contributed by atoms with Crippen molar-refractivity contribution in [3.8, 4) is 0 Å². The second-order valence-corrected chi connectivity index (χ2v) is 4.90. The smallest absolute Gasteiger partial charge is 0.247 e. The minimum Gasteiger partial charge on any atom is -0.467 e. The first-order valence-electron chi connectivity index (χ1n) is 6.71. The summed E-state index contributed by atoms with van der Waals surface area (Å²) < 4.78 is 5.49. The van der Waals surface area contributed by atoms with Crippen molar-refractivity contribution >= 4 is 5.91 Å². The molecule has 5 nitrogen and oxygen atoms in total. The van der Waals surface area contributed by atoms with E-state index in [9.17, 15) is 4.79 Å². The van der Waals surface area contributed by atoms with Crippen LogP contribution in [0, 0.1) is 0 Å². The first kappa shape index (κ1) is 12.9. The molecule has 1 aliphatic heterocycles. The second kappa shape index (κ2) is 5.46. The topological polar surface area (TPSA) is 58.4 Å². The fourth-order valence-electron chi connectivity index (χ4n) is 2.59. The zero-order valence-electron chi connectivity index (χ0n) is 11.4. The van der Waals surface area contributed by atoms with E-state index in [0.29, 0.717) is 13.1 Å². The summed E-state index contributed by atoms with van der Waals surface area (Å²) in [5.41, 5.74) is 2.19. The molecule has 104 valence electrons. The van der Waals surface area contributed by atoms with Crippen LogP contribution in [-0.4, -0.2) is 29.4 Å². The van der Waals surface area contributed by atoms with E-state index >= 15 is 0 Å². The van der Waals surface area contributed by atoms with Crippen molar-refractivity contribution in [2.45, 2.75) is 19.0 Å². The number of likely N-dealkylation sites (N-methyl/N-ethyl adjacent to an activating group) is 1. The van der Waals surface area contributed by atoms with Gasteiger partial charge in [0.1, 0.15) is 11.8 Å². The van der Waals surface area contributed by atoms with E-state index in [0.717, 1.165) is 23.3 Å². The highest BCUT2D eigenvalue weighted by Gasteiger charge is 2.32. The van der Waals surface area contributed by atoms with Gasteiger partial charge < -0.3 is 14.6 Å². The van der Waals surface area contributed by atoms with E-state index < -0.39 is 6.04 Å². The second-order valence-electron chi connectivity index (χ2n) is 4.90. The number of carbonyl (C=O) groups excluding carboxylic acids is 1. The van der Waals surface area contributed by atoms with Crippen molar-refractivity contribution in [1.29, 1.82) is 0 Å². The Balaban J connectivity index is 1.84. The van der Waals surface area contributed by atoms with Gasteiger partial charge in [0.2, 0.25) is 5.91 Å². The van der Waals surface area contributed by atoms with Gasteiger partial charge in [-0.1, -0.05) is 0 Å². The summed E-state index contributed by atoms with van der Waals surface area (Å²) in [4.78, 5) is 18.5. The number of furan rings is 1. The Kier molecular flexibility index (Phi) is 3.52. The predicted molar refractivity (Wildman–Crippen MR) is 73.9 cm³/mol. The maximum atomic E-state index is 12.6. The van der Waals surface area contributed by atoms with E-state index in [1.807, 2.05) is 23.1 Å². The van der Waals surface area contributed by atoms with Crippen LogP contribution in [0.4, 0.5) is 0 Å². The number of nitrogens with zero attached hydrogens (tertiary/aromatic N) is 2. The van der Waals surface area contributed by atoms with Crippen LogP contribution in [0.3, 0.4) is 0 Å². The lowest BCUT2D eigenvalue weighted by Gasteiger charge is -2.24. The van der Waals surface area contributed by atoms with Gasteiger partial charge in [-0.25, -0.2) is 0 Å². The molecule has 0 spiro atoms. The SMILES string of the molecule is CNC1C(=O)N(Cc2ccncc2)CCc2ccoc21. The lowest BCUT2D eigenvalue weighted by Crippen LogP contribution is -2.38. The van der Waals surface area contributed by atoms with Crippen LogP contribution in [0.1, 0.15) is 22.9 Å². The number of aromatic nitrogens is 1. The monoisotopic (exact) mass is 271 g/mol. The molecule has 20 heavy (non-hydrogen) atoms. The normalized spacial score (nSPS) is 18.8. The molecule has 0 saturated heterocycles. The maximum Gasteiger partial charge on any atom is 0.247 e. The summed E-state index contributed by atoms with van der Waals surface area (Å²) in [5.74, 6) is 0.799. The summed E-state index contributed by atoms with van der Waals surface area (Å²) in [6.07, 6.45) is 5.97. The standard InChI is InChI=1S/C15H17N3O2/c1-16-13-14-12(5-9-20-14)4-8-18(15(13)19)10-11-2-6-17-7-3-11/h2-3,5-7,9,13,16H,4,8,10H2,1H3. The van der Waals surface area contributed by atoms with E-state index in [1.165, 1.54) is 0 Å². The zero-order valence-corrected chi connectivity index (χ0v) is 11.4. The number of nitrogens with one attached hydrogen (secondary N) is 1. The molecule has 1 amide bonds. The Morgan fingerprint density at radius 2 is 2.20 bits per heavy atom. The van der Waals surface area contributed by atoms with Crippen molar-refractivity contribution in [3.63, 3.8) is 0 Å². The Morgan fingerprint density at radius 1 is 1.40 bits per heavy atom. The molecule has 2 aromatic heterocycles. The van der Waals surface area contributed by atoms with Crippen LogP contribution in [0.2, 0.25) is 0 Å².